The fraction of sp³-hybridized carbons (Fsp3) is 0.417. The summed E-state index contributed by atoms with van der Waals surface area (Å²) in [6.07, 6.45) is 2.01. The Labute approximate surface area is 101 Å². The molecule has 1 aromatic carbocycles. The molecule has 0 fully saturated rings. The van der Waals surface area contributed by atoms with E-state index in [9.17, 15) is 4.79 Å². The zero-order valence-corrected chi connectivity index (χ0v) is 10.2. The summed E-state index contributed by atoms with van der Waals surface area (Å²) in [7, 11) is 1.57. The lowest BCUT2D eigenvalue weighted by Crippen LogP contribution is -2.29. The van der Waals surface area contributed by atoms with Crippen molar-refractivity contribution < 1.29 is 9.53 Å². The molecule has 0 aliphatic rings. The van der Waals surface area contributed by atoms with Crippen LogP contribution in [0.1, 0.15) is 19.8 Å². The number of carbonyl (C=O) groups excluding carboxylic acids is 1. The number of carbonyl (C=O) groups is 1. The van der Waals surface area contributed by atoms with Crippen molar-refractivity contribution >= 4 is 17.4 Å². The molecular weight excluding hydrogens is 218 g/mol. The van der Waals surface area contributed by atoms with Crippen LogP contribution in [-0.2, 0) is 0 Å². The fourth-order valence-corrected chi connectivity index (χ4v) is 1.33. The Kier molecular flexibility index (Phi) is 5.13. The van der Waals surface area contributed by atoms with Crippen LogP contribution in [0.3, 0.4) is 0 Å². The third-order valence-corrected chi connectivity index (χ3v) is 2.32. The lowest BCUT2D eigenvalue weighted by Gasteiger charge is -2.10. The number of nitrogen functional groups attached to an aromatic ring is 1. The minimum atomic E-state index is -0.240. The van der Waals surface area contributed by atoms with Gasteiger partial charge in [-0.3, -0.25) is 0 Å². The molecule has 17 heavy (non-hydrogen) atoms. The molecule has 0 aliphatic carbocycles. The van der Waals surface area contributed by atoms with Crippen molar-refractivity contribution in [3.63, 3.8) is 0 Å². The number of methoxy groups -OCH3 is 1. The predicted octanol–water partition coefficient (Wildman–Crippen LogP) is 2.20. The average Bonchev–Trinajstić information content (AvgIpc) is 2.32. The van der Waals surface area contributed by atoms with Crippen LogP contribution in [0.25, 0.3) is 0 Å². The van der Waals surface area contributed by atoms with Crippen LogP contribution >= 0.6 is 0 Å². The molecule has 0 atom stereocenters. The van der Waals surface area contributed by atoms with Crippen LogP contribution < -0.4 is 21.1 Å². The van der Waals surface area contributed by atoms with Crippen molar-refractivity contribution in [2.75, 3.05) is 24.7 Å². The van der Waals surface area contributed by atoms with E-state index in [4.69, 9.17) is 10.5 Å². The maximum Gasteiger partial charge on any atom is 0.319 e. The van der Waals surface area contributed by atoms with Crippen LogP contribution in [0.2, 0.25) is 0 Å². The van der Waals surface area contributed by atoms with Crippen LogP contribution in [0.15, 0.2) is 18.2 Å². The first-order valence-corrected chi connectivity index (χ1v) is 5.65. The summed E-state index contributed by atoms with van der Waals surface area (Å²) in [5.41, 5.74) is 6.84. The summed E-state index contributed by atoms with van der Waals surface area (Å²) in [6, 6.07) is 4.89. The quantitative estimate of drug-likeness (QED) is 0.542. The molecule has 1 aromatic rings. The largest absolute Gasteiger partial charge is 0.497 e. The van der Waals surface area contributed by atoms with E-state index in [2.05, 4.69) is 17.6 Å². The van der Waals surface area contributed by atoms with Gasteiger partial charge in [0.25, 0.3) is 0 Å². The number of nitrogens with two attached hydrogens (primary N) is 1. The standard InChI is InChI=1S/C12H19N3O2/c1-3-4-7-14-12(16)15-11-6-5-9(17-2)8-10(11)13/h5-6,8H,3-4,7,13H2,1-2H3,(H2,14,15,16). The molecular formula is C12H19N3O2. The summed E-state index contributed by atoms with van der Waals surface area (Å²) in [6.45, 7) is 2.74. The molecule has 0 radical (unpaired) electrons. The third kappa shape index (κ3) is 4.22. The van der Waals surface area contributed by atoms with E-state index in [1.54, 1.807) is 25.3 Å². The first-order valence-electron chi connectivity index (χ1n) is 5.65. The Morgan fingerprint density at radius 1 is 1.47 bits per heavy atom. The maximum atomic E-state index is 11.5. The monoisotopic (exact) mass is 237 g/mol. The number of ether oxygens (including phenoxy) is 1. The van der Waals surface area contributed by atoms with E-state index in [1.165, 1.54) is 0 Å². The van der Waals surface area contributed by atoms with Crippen molar-refractivity contribution in [2.24, 2.45) is 0 Å². The normalized spacial score (nSPS) is 9.76. The van der Waals surface area contributed by atoms with Gasteiger partial charge < -0.3 is 21.1 Å². The minimum absolute atomic E-state index is 0.240. The Balaban J connectivity index is 2.53. The Morgan fingerprint density at radius 3 is 2.82 bits per heavy atom. The van der Waals surface area contributed by atoms with Gasteiger partial charge in [-0.25, -0.2) is 4.79 Å². The lowest BCUT2D eigenvalue weighted by atomic mass is 10.2. The Bertz CT molecular complexity index is 380. The van der Waals surface area contributed by atoms with Gasteiger partial charge in [-0.2, -0.15) is 0 Å². The Morgan fingerprint density at radius 2 is 2.24 bits per heavy atom. The van der Waals surface area contributed by atoms with Gasteiger partial charge in [-0.15, -0.1) is 0 Å². The number of nitrogens with one attached hydrogen (secondary N) is 2. The highest BCUT2D eigenvalue weighted by molar-refractivity contribution is 5.92. The van der Waals surface area contributed by atoms with Gasteiger partial charge in [-0.05, 0) is 18.6 Å². The number of anilines is 2. The van der Waals surface area contributed by atoms with Crippen molar-refractivity contribution in [2.45, 2.75) is 19.8 Å². The second kappa shape index (κ2) is 6.62. The van der Waals surface area contributed by atoms with Gasteiger partial charge in [0.1, 0.15) is 5.75 Å². The fourth-order valence-electron chi connectivity index (χ4n) is 1.33. The third-order valence-electron chi connectivity index (χ3n) is 2.32. The zero-order chi connectivity index (χ0) is 12.7. The molecule has 0 bridgehead atoms. The smallest absolute Gasteiger partial charge is 0.319 e. The lowest BCUT2D eigenvalue weighted by molar-refractivity contribution is 0.252. The molecule has 5 nitrogen and oxygen atoms in total. The predicted molar refractivity (Wildman–Crippen MR) is 69.3 cm³/mol. The highest BCUT2D eigenvalue weighted by Crippen LogP contribution is 2.23. The molecule has 4 N–H and O–H groups in total. The number of urea groups is 1. The summed E-state index contributed by atoms with van der Waals surface area (Å²) < 4.78 is 5.03. The first kappa shape index (κ1) is 13.2. The van der Waals surface area contributed by atoms with Crippen LogP contribution in [0, 0.1) is 0 Å². The first-order chi connectivity index (χ1) is 8.17. The van der Waals surface area contributed by atoms with E-state index in [1.807, 2.05) is 0 Å². The summed E-state index contributed by atoms with van der Waals surface area (Å²) in [5, 5.41) is 5.44. The second-order valence-corrected chi connectivity index (χ2v) is 3.69. The maximum absolute atomic E-state index is 11.5. The van der Waals surface area contributed by atoms with Crippen molar-refractivity contribution in [1.82, 2.24) is 5.32 Å². The number of hydrogen-bond donors (Lipinski definition) is 3. The molecule has 2 amide bonds. The van der Waals surface area contributed by atoms with Crippen molar-refractivity contribution in [3.05, 3.63) is 18.2 Å². The number of amides is 2. The van der Waals surface area contributed by atoms with Gasteiger partial charge in [0.2, 0.25) is 0 Å². The van der Waals surface area contributed by atoms with E-state index in [0.717, 1.165) is 12.8 Å². The Hall–Kier alpha value is -1.91. The molecule has 5 heteroatoms. The van der Waals surface area contributed by atoms with E-state index >= 15 is 0 Å². The van der Waals surface area contributed by atoms with Crippen molar-refractivity contribution in [1.29, 1.82) is 0 Å². The molecule has 1 rings (SSSR count). The zero-order valence-electron chi connectivity index (χ0n) is 10.2. The number of rotatable bonds is 5. The van der Waals surface area contributed by atoms with Gasteiger partial charge >= 0.3 is 6.03 Å². The number of benzene rings is 1. The van der Waals surface area contributed by atoms with Gasteiger partial charge in [-0.1, -0.05) is 13.3 Å². The number of hydrogen-bond acceptors (Lipinski definition) is 3. The SMILES string of the molecule is CCCCNC(=O)Nc1ccc(OC)cc1N. The molecule has 0 heterocycles. The van der Waals surface area contributed by atoms with Gasteiger partial charge in [0.15, 0.2) is 0 Å². The molecule has 94 valence electrons. The van der Waals surface area contributed by atoms with Crippen LogP contribution in [0.4, 0.5) is 16.2 Å². The summed E-state index contributed by atoms with van der Waals surface area (Å²) >= 11 is 0. The molecule has 0 unspecified atom stereocenters. The molecule has 0 saturated carbocycles. The van der Waals surface area contributed by atoms with Crippen LogP contribution in [-0.4, -0.2) is 19.7 Å². The van der Waals surface area contributed by atoms with E-state index in [0.29, 0.717) is 23.7 Å². The highest BCUT2D eigenvalue weighted by atomic mass is 16.5. The number of unbranched alkanes of at least 4 members (excludes halogenated alkanes) is 1. The highest BCUT2D eigenvalue weighted by Gasteiger charge is 2.05. The topological polar surface area (TPSA) is 76.4 Å². The van der Waals surface area contributed by atoms with E-state index < -0.39 is 0 Å². The molecule has 0 aliphatic heterocycles. The summed E-state index contributed by atoms with van der Waals surface area (Å²) in [5.74, 6) is 0.666. The van der Waals surface area contributed by atoms with Gasteiger partial charge in [0, 0.05) is 12.6 Å². The molecule has 0 aromatic heterocycles. The van der Waals surface area contributed by atoms with Gasteiger partial charge in [0.05, 0.1) is 18.5 Å². The van der Waals surface area contributed by atoms with E-state index in [-0.39, 0.29) is 6.03 Å². The molecule has 0 spiro atoms. The van der Waals surface area contributed by atoms with Crippen LogP contribution in [0.5, 0.6) is 5.75 Å². The molecule has 0 saturated heterocycles. The second-order valence-electron chi connectivity index (χ2n) is 3.69. The summed E-state index contributed by atoms with van der Waals surface area (Å²) in [4.78, 5) is 11.5. The van der Waals surface area contributed by atoms with Crippen molar-refractivity contribution in [3.8, 4) is 5.75 Å². The average molecular weight is 237 g/mol. The minimum Gasteiger partial charge on any atom is -0.497 e.